The van der Waals surface area contributed by atoms with Crippen molar-refractivity contribution < 1.29 is 17.9 Å². The lowest BCUT2D eigenvalue weighted by Gasteiger charge is -2.18. The molecule has 7 nitrogen and oxygen atoms in total. The number of hydrogen-bond acceptors (Lipinski definition) is 5. The molecule has 1 aliphatic rings. The number of carbonyl (C=O) groups excluding carboxylic acids is 1. The Morgan fingerprint density at radius 2 is 1.96 bits per heavy atom. The molecular formula is C16H25N3O4S. The Balaban J connectivity index is 2.00. The zero-order valence-corrected chi connectivity index (χ0v) is 15.0. The van der Waals surface area contributed by atoms with Crippen molar-refractivity contribution in [3.05, 3.63) is 29.8 Å². The van der Waals surface area contributed by atoms with Crippen LogP contribution >= 0.6 is 0 Å². The van der Waals surface area contributed by atoms with Gasteiger partial charge in [-0.15, -0.1) is 0 Å². The van der Waals surface area contributed by atoms with Crippen LogP contribution in [0.2, 0.25) is 0 Å². The van der Waals surface area contributed by atoms with E-state index in [1.54, 1.807) is 24.3 Å². The highest BCUT2D eigenvalue weighted by Gasteiger charge is 2.30. The van der Waals surface area contributed by atoms with Crippen LogP contribution in [0.25, 0.3) is 0 Å². The van der Waals surface area contributed by atoms with E-state index >= 15 is 0 Å². The van der Waals surface area contributed by atoms with E-state index in [0.29, 0.717) is 13.0 Å². The predicted octanol–water partition coefficient (Wildman–Crippen LogP) is 0.620. The van der Waals surface area contributed by atoms with Crippen LogP contribution in [0, 0.1) is 0 Å². The molecule has 0 radical (unpaired) electrons. The first kappa shape index (κ1) is 18.9. The highest BCUT2D eigenvalue weighted by atomic mass is 32.2. The first-order valence-electron chi connectivity index (χ1n) is 7.94. The predicted molar refractivity (Wildman–Crippen MR) is 90.8 cm³/mol. The highest BCUT2D eigenvalue weighted by molar-refractivity contribution is 7.89. The first-order valence-corrected chi connectivity index (χ1v) is 9.38. The smallest absolute Gasteiger partial charge is 0.249 e. The molecule has 0 aliphatic carbocycles. The van der Waals surface area contributed by atoms with E-state index in [0.717, 1.165) is 12.0 Å². The van der Waals surface area contributed by atoms with Crippen molar-refractivity contribution in [3.63, 3.8) is 0 Å². The van der Waals surface area contributed by atoms with Gasteiger partial charge < -0.3 is 15.8 Å². The Morgan fingerprint density at radius 3 is 2.46 bits per heavy atom. The maximum Gasteiger partial charge on any atom is 0.249 e. The van der Waals surface area contributed by atoms with E-state index in [-0.39, 0.29) is 22.9 Å². The molecule has 0 spiro atoms. The van der Waals surface area contributed by atoms with Crippen molar-refractivity contribution in [1.82, 2.24) is 9.62 Å². The monoisotopic (exact) mass is 355 g/mol. The van der Waals surface area contributed by atoms with Crippen molar-refractivity contribution in [2.75, 3.05) is 20.6 Å². The highest BCUT2D eigenvalue weighted by Crippen LogP contribution is 2.21. The maximum absolute atomic E-state index is 12.2. The van der Waals surface area contributed by atoms with Crippen LogP contribution < -0.4 is 11.1 Å². The molecule has 1 aliphatic heterocycles. The summed E-state index contributed by atoms with van der Waals surface area (Å²) in [7, 11) is -0.474. The third-order valence-electron chi connectivity index (χ3n) is 4.18. The van der Waals surface area contributed by atoms with Gasteiger partial charge >= 0.3 is 0 Å². The number of ether oxygens (including phenoxy) is 1. The minimum absolute atomic E-state index is 0.0495. The van der Waals surface area contributed by atoms with Gasteiger partial charge in [-0.25, -0.2) is 12.7 Å². The number of nitrogens with zero attached hydrogens (tertiary/aromatic N) is 1. The fourth-order valence-electron chi connectivity index (χ4n) is 2.60. The fraction of sp³-hybridized carbons (Fsp3) is 0.562. The number of sulfonamides is 1. The number of carbonyl (C=O) groups is 1. The molecule has 0 bridgehead atoms. The Bertz CT molecular complexity index is 673. The molecule has 1 aromatic carbocycles. The summed E-state index contributed by atoms with van der Waals surface area (Å²) < 4.78 is 30.8. The minimum Gasteiger partial charge on any atom is -0.364 e. The lowest BCUT2D eigenvalue weighted by Crippen LogP contribution is -2.37. The third-order valence-corrected chi connectivity index (χ3v) is 6.01. The van der Waals surface area contributed by atoms with Gasteiger partial charge in [0.05, 0.1) is 17.0 Å². The second kappa shape index (κ2) is 7.60. The van der Waals surface area contributed by atoms with Gasteiger partial charge in [0.1, 0.15) is 6.10 Å². The van der Waals surface area contributed by atoms with Gasteiger partial charge in [-0.1, -0.05) is 12.1 Å². The second-order valence-corrected chi connectivity index (χ2v) is 8.30. The summed E-state index contributed by atoms with van der Waals surface area (Å²) in [4.78, 5) is 12.4. The second-order valence-electron chi connectivity index (χ2n) is 6.15. The summed E-state index contributed by atoms with van der Waals surface area (Å²) in [6.07, 6.45) is 0.946. The molecule has 3 N–H and O–H groups in total. The van der Waals surface area contributed by atoms with E-state index in [1.807, 2.05) is 6.92 Å². The molecule has 1 fully saturated rings. The van der Waals surface area contributed by atoms with Crippen molar-refractivity contribution >= 4 is 15.9 Å². The average Bonchev–Trinajstić information content (AvgIpc) is 3.04. The Hall–Kier alpha value is -1.48. The normalized spacial score (nSPS) is 22.5. The van der Waals surface area contributed by atoms with E-state index < -0.39 is 16.1 Å². The molecular weight excluding hydrogens is 330 g/mol. The zero-order chi connectivity index (χ0) is 17.9. The van der Waals surface area contributed by atoms with Crippen molar-refractivity contribution in [3.8, 4) is 0 Å². The number of nitrogens with two attached hydrogens (primary N) is 1. The van der Waals surface area contributed by atoms with Gasteiger partial charge in [0.25, 0.3) is 0 Å². The lowest BCUT2D eigenvalue weighted by molar-refractivity contribution is -0.132. The summed E-state index contributed by atoms with van der Waals surface area (Å²) in [6.45, 7) is 2.27. The quantitative estimate of drug-likeness (QED) is 0.779. The van der Waals surface area contributed by atoms with Gasteiger partial charge in [0.2, 0.25) is 15.9 Å². The van der Waals surface area contributed by atoms with Gasteiger partial charge in [-0.2, -0.15) is 0 Å². The van der Waals surface area contributed by atoms with Crippen LogP contribution in [0.4, 0.5) is 0 Å². The third kappa shape index (κ3) is 4.13. The Labute approximate surface area is 143 Å². The van der Waals surface area contributed by atoms with Crippen molar-refractivity contribution in [2.24, 2.45) is 5.73 Å². The minimum atomic E-state index is -3.45. The van der Waals surface area contributed by atoms with Crippen LogP contribution in [0.1, 0.15) is 31.4 Å². The molecule has 8 heteroatoms. The maximum atomic E-state index is 12.2. The molecule has 0 aromatic heterocycles. The molecule has 24 heavy (non-hydrogen) atoms. The molecule has 1 heterocycles. The van der Waals surface area contributed by atoms with Crippen LogP contribution in [0.15, 0.2) is 29.2 Å². The Morgan fingerprint density at radius 1 is 1.33 bits per heavy atom. The summed E-state index contributed by atoms with van der Waals surface area (Å²) in [5.74, 6) is -0.163. The summed E-state index contributed by atoms with van der Waals surface area (Å²) in [5.41, 5.74) is 6.38. The topological polar surface area (TPSA) is 102 Å². The zero-order valence-electron chi connectivity index (χ0n) is 14.2. The van der Waals surface area contributed by atoms with E-state index in [4.69, 9.17) is 10.5 Å². The fourth-order valence-corrected chi connectivity index (χ4v) is 3.50. The number of rotatable bonds is 6. The summed E-state index contributed by atoms with van der Waals surface area (Å²) in [6, 6.07) is 6.27. The SMILES string of the molecule is CC(NC(=O)[C@@H]1CC[C@H](CN)O1)c1ccc(S(=O)(=O)N(C)C)cc1. The van der Waals surface area contributed by atoms with Crippen LogP contribution in [-0.4, -0.2) is 51.5 Å². The van der Waals surface area contributed by atoms with Crippen LogP contribution in [0.5, 0.6) is 0 Å². The Kier molecular flexibility index (Phi) is 5.97. The molecule has 0 saturated carbocycles. The van der Waals surface area contributed by atoms with Gasteiger partial charge in [0.15, 0.2) is 0 Å². The number of hydrogen-bond donors (Lipinski definition) is 2. The summed E-state index contributed by atoms with van der Waals surface area (Å²) in [5, 5.41) is 2.90. The molecule has 1 saturated heterocycles. The van der Waals surface area contributed by atoms with E-state index in [9.17, 15) is 13.2 Å². The standard InChI is InChI=1S/C16H25N3O4S/c1-11(18-16(20)15-9-6-13(10-17)23-15)12-4-7-14(8-5-12)24(21,22)19(2)3/h4-5,7-8,11,13,15H,6,9-10,17H2,1-3H3,(H,18,20)/t11?,13-,15+/m1/s1. The van der Waals surface area contributed by atoms with E-state index in [1.165, 1.54) is 18.4 Å². The van der Waals surface area contributed by atoms with Gasteiger partial charge in [-0.05, 0) is 37.5 Å². The van der Waals surface area contributed by atoms with Crippen LogP contribution in [0.3, 0.4) is 0 Å². The van der Waals surface area contributed by atoms with Crippen molar-refractivity contribution in [2.45, 2.75) is 42.9 Å². The molecule has 1 aromatic rings. The van der Waals surface area contributed by atoms with E-state index in [2.05, 4.69) is 5.32 Å². The largest absolute Gasteiger partial charge is 0.364 e. The van der Waals surface area contributed by atoms with Crippen molar-refractivity contribution in [1.29, 1.82) is 0 Å². The molecule has 134 valence electrons. The molecule has 1 amide bonds. The summed E-state index contributed by atoms with van der Waals surface area (Å²) >= 11 is 0. The number of benzene rings is 1. The molecule has 1 unspecified atom stereocenters. The lowest BCUT2D eigenvalue weighted by atomic mass is 10.1. The van der Waals surface area contributed by atoms with Gasteiger partial charge in [0, 0.05) is 20.6 Å². The first-order chi connectivity index (χ1) is 11.3. The van der Waals surface area contributed by atoms with Crippen LogP contribution in [-0.2, 0) is 19.6 Å². The molecule has 2 rings (SSSR count). The number of nitrogens with one attached hydrogen (secondary N) is 1. The average molecular weight is 355 g/mol. The molecule has 3 atom stereocenters. The van der Waals surface area contributed by atoms with Gasteiger partial charge in [-0.3, -0.25) is 4.79 Å². The number of amides is 1.